The van der Waals surface area contributed by atoms with Crippen molar-refractivity contribution in [1.82, 2.24) is 10.3 Å². The Morgan fingerprint density at radius 2 is 1.86 bits per heavy atom. The molecule has 1 aromatic heterocycles. The zero-order valence-electron chi connectivity index (χ0n) is 15.7. The molecule has 0 radical (unpaired) electrons. The lowest BCUT2D eigenvalue weighted by atomic mass is 10.1. The molecule has 3 aromatic rings. The zero-order valence-corrected chi connectivity index (χ0v) is 15.7. The van der Waals surface area contributed by atoms with Crippen LogP contribution in [0.5, 0.6) is 0 Å². The van der Waals surface area contributed by atoms with E-state index in [4.69, 9.17) is 4.42 Å². The number of benzene rings is 2. The van der Waals surface area contributed by atoms with E-state index in [2.05, 4.69) is 15.6 Å². The highest BCUT2D eigenvalue weighted by atomic mass is 19.1. The molecule has 0 spiro atoms. The van der Waals surface area contributed by atoms with E-state index in [9.17, 15) is 14.0 Å². The number of halogens is 1. The first-order valence-electron chi connectivity index (χ1n) is 9.49. The van der Waals surface area contributed by atoms with Crippen LogP contribution in [0, 0.1) is 5.82 Å². The third-order valence-corrected chi connectivity index (χ3v) is 4.62. The number of carbonyl (C=O) groups is 2. The van der Waals surface area contributed by atoms with Gasteiger partial charge in [-0.2, -0.15) is 0 Å². The number of hydrogen-bond acceptors (Lipinski definition) is 4. The first-order valence-corrected chi connectivity index (χ1v) is 9.49. The molecule has 0 unspecified atom stereocenters. The summed E-state index contributed by atoms with van der Waals surface area (Å²) < 4.78 is 19.4. The van der Waals surface area contributed by atoms with Crippen molar-refractivity contribution in [3.63, 3.8) is 0 Å². The van der Waals surface area contributed by atoms with Gasteiger partial charge in [0, 0.05) is 18.9 Å². The molecule has 1 aliphatic rings. The minimum atomic E-state index is -0.394. The summed E-state index contributed by atoms with van der Waals surface area (Å²) in [6.45, 7) is 0. The minimum Gasteiger partial charge on any atom is -0.441 e. The number of rotatable bonds is 7. The summed E-state index contributed by atoms with van der Waals surface area (Å²) in [4.78, 5) is 28.8. The molecule has 0 bridgehead atoms. The second-order valence-electron chi connectivity index (χ2n) is 6.94. The van der Waals surface area contributed by atoms with E-state index in [1.54, 1.807) is 42.5 Å². The second kappa shape index (κ2) is 8.26. The summed E-state index contributed by atoms with van der Waals surface area (Å²) in [5.74, 6) is -0.180. The average molecular weight is 393 g/mol. The quantitative estimate of drug-likeness (QED) is 0.637. The first-order chi connectivity index (χ1) is 14.1. The standard InChI is InChI=1S/C22H20FN3O3/c23-17-7-3-1-5-15(17)19-13-24-21(29-19)12-11-20(27)26-18-8-4-2-6-16(18)22(28)25-14-9-10-14/h1-8,13-14H,9-12H2,(H,25,28)(H,26,27). The smallest absolute Gasteiger partial charge is 0.253 e. The molecule has 2 aromatic carbocycles. The van der Waals surface area contributed by atoms with Gasteiger partial charge in [-0.3, -0.25) is 9.59 Å². The number of nitrogens with zero attached hydrogens (tertiary/aromatic N) is 1. The molecule has 0 saturated heterocycles. The largest absolute Gasteiger partial charge is 0.441 e. The Balaban J connectivity index is 1.36. The van der Waals surface area contributed by atoms with Gasteiger partial charge < -0.3 is 15.1 Å². The van der Waals surface area contributed by atoms with Crippen molar-refractivity contribution < 1.29 is 18.4 Å². The van der Waals surface area contributed by atoms with Gasteiger partial charge in [-0.1, -0.05) is 24.3 Å². The molecule has 7 heteroatoms. The SMILES string of the molecule is O=C(CCc1ncc(-c2ccccc2F)o1)Nc1ccccc1C(=O)NC1CC1. The molecule has 148 valence electrons. The van der Waals surface area contributed by atoms with E-state index in [-0.39, 0.29) is 30.7 Å². The number of anilines is 1. The second-order valence-corrected chi connectivity index (χ2v) is 6.94. The van der Waals surface area contributed by atoms with Crippen molar-refractivity contribution in [2.75, 3.05) is 5.32 Å². The van der Waals surface area contributed by atoms with Crippen LogP contribution in [0.1, 0.15) is 35.5 Å². The summed E-state index contributed by atoms with van der Waals surface area (Å²) >= 11 is 0. The molecule has 1 fully saturated rings. The number of amides is 2. The lowest BCUT2D eigenvalue weighted by Crippen LogP contribution is -2.27. The normalized spacial score (nSPS) is 13.1. The van der Waals surface area contributed by atoms with Crippen molar-refractivity contribution in [3.8, 4) is 11.3 Å². The van der Waals surface area contributed by atoms with Gasteiger partial charge in [0.05, 0.1) is 23.0 Å². The van der Waals surface area contributed by atoms with Crippen LogP contribution >= 0.6 is 0 Å². The molecular formula is C22H20FN3O3. The maximum atomic E-state index is 13.8. The molecule has 1 aliphatic carbocycles. The Kier molecular flexibility index (Phi) is 5.37. The van der Waals surface area contributed by atoms with E-state index >= 15 is 0 Å². The van der Waals surface area contributed by atoms with Crippen molar-refractivity contribution in [1.29, 1.82) is 0 Å². The summed E-state index contributed by atoms with van der Waals surface area (Å²) in [5.41, 5.74) is 1.23. The van der Waals surface area contributed by atoms with Crippen LogP contribution < -0.4 is 10.6 Å². The molecular weight excluding hydrogens is 373 g/mol. The van der Waals surface area contributed by atoms with E-state index in [1.807, 2.05) is 0 Å². The Morgan fingerprint density at radius 1 is 1.10 bits per heavy atom. The summed E-state index contributed by atoms with van der Waals surface area (Å²) in [6.07, 6.45) is 3.81. The molecule has 29 heavy (non-hydrogen) atoms. The number of aromatic nitrogens is 1. The van der Waals surface area contributed by atoms with E-state index in [0.29, 0.717) is 28.5 Å². The summed E-state index contributed by atoms with van der Waals surface area (Å²) in [5, 5.41) is 5.69. The molecule has 6 nitrogen and oxygen atoms in total. The minimum absolute atomic E-state index is 0.121. The fourth-order valence-electron chi connectivity index (χ4n) is 2.93. The van der Waals surface area contributed by atoms with Crippen LogP contribution in [0.25, 0.3) is 11.3 Å². The highest BCUT2D eigenvalue weighted by molar-refractivity contribution is 6.03. The maximum absolute atomic E-state index is 13.8. The number of nitrogens with one attached hydrogen (secondary N) is 2. The van der Waals surface area contributed by atoms with E-state index in [0.717, 1.165) is 12.8 Å². The lowest BCUT2D eigenvalue weighted by Gasteiger charge is -2.10. The van der Waals surface area contributed by atoms with E-state index < -0.39 is 5.82 Å². The van der Waals surface area contributed by atoms with Crippen molar-refractivity contribution in [2.45, 2.75) is 31.7 Å². The number of carbonyl (C=O) groups excluding carboxylic acids is 2. The van der Waals surface area contributed by atoms with Gasteiger partial charge in [0.1, 0.15) is 5.82 Å². The van der Waals surface area contributed by atoms with Crippen LogP contribution in [0.3, 0.4) is 0 Å². The molecule has 1 saturated carbocycles. The zero-order chi connectivity index (χ0) is 20.2. The fourth-order valence-corrected chi connectivity index (χ4v) is 2.93. The molecule has 0 aliphatic heterocycles. The first kappa shape index (κ1) is 18.9. The highest BCUT2D eigenvalue weighted by Gasteiger charge is 2.25. The third kappa shape index (κ3) is 4.68. The van der Waals surface area contributed by atoms with E-state index in [1.165, 1.54) is 12.3 Å². The Bertz CT molecular complexity index is 1040. The number of hydrogen-bond donors (Lipinski definition) is 2. The Morgan fingerprint density at radius 3 is 2.66 bits per heavy atom. The molecule has 1 heterocycles. The molecule has 2 amide bonds. The highest BCUT2D eigenvalue weighted by Crippen LogP contribution is 2.24. The summed E-state index contributed by atoms with van der Waals surface area (Å²) in [6, 6.07) is 13.4. The van der Waals surface area contributed by atoms with Gasteiger partial charge in [0.15, 0.2) is 11.7 Å². The van der Waals surface area contributed by atoms with Crippen molar-refractivity contribution in [3.05, 3.63) is 72.0 Å². The van der Waals surface area contributed by atoms with Gasteiger partial charge in [0.25, 0.3) is 5.91 Å². The number of aryl methyl sites for hydroxylation is 1. The number of oxazole rings is 1. The van der Waals surface area contributed by atoms with Gasteiger partial charge in [-0.25, -0.2) is 9.37 Å². The maximum Gasteiger partial charge on any atom is 0.253 e. The molecule has 4 rings (SSSR count). The topological polar surface area (TPSA) is 84.2 Å². The predicted molar refractivity (Wildman–Crippen MR) is 106 cm³/mol. The van der Waals surface area contributed by atoms with Gasteiger partial charge in [0.2, 0.25) is 5.91 Å². The van der Waals surface area contributed by atoms with Crippen molar-refractivity contribution >= 4 is 17.5 Å². The Labute approximate surface area is 167 Å². The van der Waals surface area contributed by atoms with Crippen LogP contribution in [0.4, 0.5) is 10.1 Å². The van der Waals surface area contributed by atoms with Gasteiger partial charge >= 0.3 is 0 Å². The number of para-hydroxylation sites is 1. The van der Waals surface area contributed by atoms with Crippen LogP contribution in [0.2, 0.25) is 0 Å². The molecule has 2 N–H and O–H groups in total. The van der Waals surface area contributed by atoms with Crippen LogP contribution in [-0.4, -0.2) is 22.8 Å². The predicted octanol–water partition coefficient (Wildman–Crippen LogP) is 3.94. The summed E-state index contributed by atoms with van der Waals surface area (Å²) in [7, 11) is 0. The van der Waals surface area contributed by atoms with Gasteiger partial charge in [-0.15, -0.1) is 0 Å². The lowest BCUT2D eigenvalue weighted by molar-refractivity contribution is -0.116. The average Bonchev–Trinajstić information content (AvgIpc) is 3.41. The monoisotopic (exact) mass is 393 g/mol. The van der Waals surface area contributed by atoms with Crippen molar-refractivity contribution in [2.24, 2.45) is 0 Å². The Hall–Kier alpha value is -3.48. The fraction of sp³-hybridized carbons (Fsp3) is 0.227. The van der Waals surface area contributed by atoms with Crippen LogP contribution in [0.15, 0.2) is 59.1 Å². The third-order valence-electron chi connectivity index (χ3n) is 4.62. The van der Waals surface area contributed by atoms with Crippen LogP contribution in [-0.2, 0) is 11.2 Å². The van der Waals surface area contributed by atoms with Gasteiger partial charge in [-0.05, 0) is 37.1 Å². The molecule has 0 atom stereocenters.